The molecule has 25 heavy (non-hydrogen) atoms. The van der Waals surface area contributed by atoms with Gasteiger partial charge in [-0.2, -0.15) is 0 Å². The molecule has 1 atom stereocenters. The van der Waals surface area contributed by atoms with Crippen LogP contribution in [0.4, 0.5) is 0 Å². The monoisotopic (exact) mass is 414 g/mol. The average Bonchev–Trinajstić information content (AvgIpc) is 2.85. The Hall–Kier alpha value is -0.397. The van der Waals surface area contributed by atoms with Gasteiger partial charge >= 0.3 is 155 Å². The van der Waals surface area contributed by atoms with Gasteiger partial charge in [0.15, 0.2) is 0 Å². The summed E-state index contributed by atoms with van der Waals surface area (Å²) < 4.78 is 0. The quantitative estimate of drug-likeness (QED) is 0.491. The van der Waals surface area contributed by atoms with E-state index < -0.39 is 24.8 Å². The van der Waals surface area contributed by atoms with Gasteiger partial charge in [0.1, 0.15) is 0 Å². The van der Waals surface area contributed by atoms with E-state index >= 15 is 0 Å². The average molecular weight is 413 g/mol. The van der Waals surface area contributed by atoms with Crippen LogP contribution >= 0.6 is 0 Å². The molecule has 2 rings (SSSR count). The SMILES string of the molecule is CCN(CC)CC(O)CN1C(=O)CC2(C[CH2][Ge]([CH2]C)([CH2]C)[CH2]C2)C1=O. The van der Waals surface area contributed by atoms with Crippen LogP contribution in [0.2, 0.25) is 21.0 Å². The van der Waals surface area contributed by atoms with Crippen LogP contribution in [0.3, 0.4) is 0 Å². The molecular formula is C19H36GeN2O3. The van der Waals surface area contributed by atoms with E-state index in [1.807, 2.05) is 0 Å². The second-order valence-electron chi connectivity index (χ2n) is 8.11. The fraction of sp³-hybridized carbons (Fsp3) is 0.895. The van der Waals surface area contributed by atoms with Crippen LogP contribution in [0.5, 0.6) is 0 Å². The van der Waals surface area contributed by atoms with Crippen molar-refractivity contribution in [2.75, 3.05) is 26.2 Å². The van der Waals surface area contributed by atoms with Crippen molar-refractivity contribution in [2.24, 2.45) is 5.41 Å². The van der Waals surface area contributed by atoms with Crippen LogP contribution in [0.15, 0.2) is 0 Å². The Kier molecular flexibility index (Phi) is 7.13. The molecule has 1 spiro atoms. The maximum absolute atomic E-state index is 13.0. The van der Waals surface area contributed by atoms with E-state index in [-0.39, 0.29) is 18.4 Å². The number of β-amino-alcohol motifs (C(OH)–C–C–N with tert-alkyl or cyclic N) is 1. The molecule has 1 unspecified atom stereocenters. The summed E-state index contributed by atoms with van der Waals surface area (Å²) >= 11 is -1.74. The molecule has 2 amide bonds. The number of imide groups is 1. The van der Waals surface area contributed by atoms with Gasteiger partial charge in [-0.05, 0) is 0 Å². The molecule has 5 nitrogen and oxygen atoms in total. The molecule has 2 fully saturated rings. The molecule has 0 aromatic carbocycles. The topological polar surface area (TPSA) is 60.9 Å². The van der Waals surface area contributed by atoms with Gasteiger partial charge in [0, 0.05) is 0 Å². The van der Waals surface area contributed by atoms with Gasteiger partial charge in [-0.1, -0.05) is 0 Å². The standard InChI is InChI=1S/C19H36GeN2O3/c1-5-20(6-2)11-9-19(10-12-20)13-17(24)22(18(19)25)15-16(23)14-21(7-3)8-4/h16,23H,5-15H2,1-4H3. The van der Waals surface area contributed by atoms with Crippen molar-refractivity contribution in [3.05, 3.63) is 0 Å². The van der Waals surface area contributed by atoms with Crippen molar-refractivity contribution in [3.63, 3.8) is 0 Å². The van der Waals surface area contributed by atoms with Gasteiger partial charge in [-0.3, -0.25) is 0 Å². The first-order valence-corrected chi connectivity index (χ1v) is 16.0. The molecule has 0 aromatic rings. The summed E-state index contributed by atoms with van der Waals surface area (Å²) in [6.07, 6.45) is 1.52. The van der Waals surface area contributed by atoms with E-state index in [1.54, 1.807) is 0 Å². The Balaban J connectivity index is 2.00. The number of carbonyl (C=O) groups excluding carboxylic acids is 2. The number of carbonyl (C=O) groups is 2. The molecule has 2 aliphatic heterocycles. The minimum atomic E-state index is -1.74. The fourth-order valence-corrected chi connectivity index (χ4v) is 13.5. The molecule has 2 saturated heterocycles. The Morgan fingerprint density at radius 3 is 2.16 bits per heavy atom. The normalized spacial score (nSPS) is 23.7. The number of amides is 2. The Morgan fingerprint density at radius 1 is 1.12 bits per heavy atom. The summed E-state index contributed by atoms with van der Waals surface area (Å²) in [7, 11) is 0. The molecular weight excluding hydrogens is 377 g/mol. The molecule has 2 aliphatic rings. The van der Waals surface area contributed by atoms with Gasteiger partial charge in [-0.15, -0.1) is 0 Å². The Bertz CT molecular complexity index is 479. The number of likely N-dealkylation sites (tertiary alicyclic amines) is 1. The maximum atomic E-state index is 13.0. The van der Waals surface area contributed by atoms with Crippen LogP contribution in [-0.4, -0.2) is 72.3 Å². The van der Waals surface area contributed by atoms with Gasteiger partial charge in [0.2, 0.25) is 0 Å². The summed E-state index contributed by atoms with van der Waals surface area (Å²) in [6, 6.07) is 0. The number of aliphatic hydroxyl groups is 1. The van der Waals surface area contributed by atoms with Crippen molar-refractivity contribution in [1.29, 1.82) is 0 Å². The zero-order valence-electron chi connectivity index (χ0n) is 16.5. The molecule has 6 heteroatoms. The van der Waals surface area contributed by atoms with E-state index in [4.69, 9.17) is 0 Å². The third kappa shape index (κ3) is 4.30. The van der Waals surface area contributed by atoms with Crippen molar-refractivity contribution >= 4 is 25.1 Å². The van der Waals surface area contributed by atoms with Crippen LogP contribution in [-0.2, 0) is 9.59 Å². The predicted molar refractivity (Wildman–Crippen MR) is 103 cm³/mol. The number of aliphatic hydroxyl groups excluding tert-OH is 1. The predicted octanol–water partition coefficient (Wildman–Crippen LogP) is 2.72. The number of hydrogen-bond acceptors (Lipinski definition) is 4. The molecule has 0 aliphatic carbocycles. The minimum absolute atomic E-state index is 0.000645. The summed E-state index contributed by atoms with van der Waals surface area (Å²) in [5.41, 5.74) is -0.439. The summed E-state index contributed by atoms with van der Waals surface area (Å²) in [5.74, 6) is -0.0732. The second-order valence-corrected chi connectivity index (χ2v) is 19.5. The zero-order valence-corrected chi connectivity index (χ0v) is 18.6. The van der Waals surface area contributed by atoms with Crippen molar-refractivity contribution in [1.82, 2.24) is 9.80 Å². The number of likely N-dealkylation sites (N-methyl/N-ethyl adjacent to an activating group) is 1. The Morgan fingerprint density at radius 2 is 1.68 bits per heavy atom. The Labute approximate surface area is 155 Å². The van der Waals surface area contributed by atoms with Crippen molar-refractivity contribution in [2.45, 2.75) is 74.1 Å². The second kappa shape index (κ2) is 8.53. The molecule has 2 heterocycles. The molecule has 1 N–H and O–H groups in total. The number of hydrogen-bond donors (Lipinski definition) is 1. The third-order valence-electron chi connectivity index (χ3n) is 7.01. The van der Waals surface area contributed by atoms with Gasteiger partial charge < -0.3 is 0 Å². The van der Waals surface area contributed by atoms with E-state index in [2.05, 4.69) is 32.6 Å². The van der Waals surface area contributed by atoms with Crippen LogP contribution in [0.25, 0.3) is 0 Å². The fourth-order valence-electron chi connectivity index (χ4n) is 4.70. The molecule has 0 bridgehead atoms. The molecule has 0 radical (unpaired) electrons. The van der Waals surface area contributed by atoms with Crippen molar-refractivity contribution in [3.8, 4) is 0 Å². The van der Waals surface area contributed by atoms with E-state index in [9.17, 15) is 14.7 Å². The van der Waals surface area contributed by atoms with Gasteiger partial charge in [-0.25, -0.2) is 0 Å². The summed E-state index contributed by atoms with van der Waals surface area (Å²) in [6.45, 7) is 11.1. The van der Waals surface area contributed by atoms with E-state index in [1.165, 1.54) is 25.9 Å². The van der Waals surface area contributed by atoms with E-state index in [0.717, 1.165) is 25.9 Å². The third-order valence-corrected chi connectivity index (χ3v) is 18.8. The molecule has 0 aromatic heterocycles. The van der Waals surface area contributed by atoms with Crippen LogP contribution in [0, 0.1) is 5.41 Å². The van der Waals surface area contributed by atoms with Gasteiger partial charge in [0.05, 0.1) is 0 Å². The number of rotatable bonds is 8. The van der Waals surface area contributed by atoms with E-state index in [0.29, 0.717) is 13.0 Å². The summed E-state index contributed by atoms with van der Waals surface area (Å²) in [4.78, 5) is 29.0. The van der Waals surface area contributed by atoms with Crippen molar-refractivity contribution < 1.29 is 14.7 Å². The first kappa shape index (κ1) is 20.9. The summed E-state index contributed by atoms with van der Waals surface area (Å²) in [5, 5.41) is 15.5. The molecule has 0 saturated carbocycles. The van der Waals surface area contributed by atoms with Crippen LogP contribution < -0.4 is 0 Å². The first-order valence-electron chi connectivity index (χ1n) is 10.1. The first-order chi connectivity index (χ1) is 11.8. The zero-order chi connectivity index (χ0) is 18.7. The molecule has 144 valence electrons. The van der Waals surface area contributed by atoms with Crippen LogP contribution in [0.1, 0.15) is 47.0 Å². The van der Waals surface area contributed by atoms with Gasteiger partial charge in [0.25, 0.3) is 0 Å². The number of nitrogens with zero attached hydrogens (tertiary/aromatic N) is 2.